The van der Waals surface area contributed by atoms with Gasteiger partial charge in [-0.3, -0.25) is 9.52 Å². The van der Waals surface area contributed by atoms with Crippen molar-refractivity contribution in [2.24, 2.45) is 0 Å². The van der Waals surface area contributed by atoms with Gasteiger partial charge in [0.25, 0.3) is 15.9 Å². The highest BCUT2D eigenvalue weighted by Crippen LogP contribution is 2.25. The van der Waals surface area contributed by atoms with Crippen LogP contribution in [-0.4, -0.2) is 28.0 Å². The molecule has 0 unspecified atom stereocenters. The third kappa shape index (κ3) is 6.23. The fraction of sp³-hybridized carbons (Fsp3) is 0.208. The van der Waals surface area contributed by atoms with Crippen molar-refractivity contribution in [2.45, 2.75) is 24.8 Å². The molecular formula is C24H25FN2O5S. The molecule has 0 heterocycles. The number of nitrogens with one attached hydrogen (secondary N) is 2. The third-order valence-electron chi connectivity index (χ3n) is 4.89. The van der Waals surface area contributed by atoms with E-state index < -0.39 is 15.8 Å². The van der Waals surface area contributed by atoms with Gasteiger partial charge >= 0.3 is 0 Å². The van der Waals surface area contributed by atoms with E-state index in [0.29, 0.717) is 17.1 Å². The predicted molar refractivity (Wildman–Crippen MR) is 123 cm³/mol. The molecule has 0 aromatic heterocycles. The van der Waals surface area contributed by atoms with Gasteiger partial charge in [0, 0.05) is 11.3 Å². The van der Waals surface area contributed by atoms with Crippen molar-refractivity contribution in [1.82, 2.24) is 5.32 Å². The van der Waals surface area contributed by atoms with Crippen LogP contribution in [0.3, 0.4) is 0 Å². The Morgan fingerprint density at radius 3 is 2.39 bits per heavy atom. The maximum atomic E-state index is 13.0. The molecule has 3 aromatic carbocycles. The number of anilines is 1. The Morgan fingerprint density at radius 2 is 1.73 bits per heavy atom. The van der Waals surface area contributed by atoms with E-state index in [0.717, 1.165) is 5.56 Å². The first-order valence-electron chi connectivity index (χ1n) is 10.1. The number of sulfonamides is 1. The van der Waals surface area contributed by atoms with Crippen molar-refractivity contribution in [2.75, 3.05) is 18.4 Å². The minimum Gasteiger partial charge on any atom is -0.496 e. The van der Waals surface area contributed by atoms with E-state index in [4.69, 9.17) is 9.47 Å². The zero-order chi connectivity index (χ0) is 24.0. The zero-order valence-corrected chi connectivity index (χ0v) is 19.3. The quantitative estimate of drug-likeness (QED) is 0.487. The number of ether oxygens (including phenoxy) is 2. The van der Waals surface area contributed by atoms with E-state index in [1.54, 1.807) is 14.0 Å². The van der Waals surface area contributed by atoms with Gasteiger partial charge in [0.1, 0.15) is 17.3 Å². The Balaban J connectivity index is 1.62. The van der Waals surface area contributed by atoms with Crippen LogP contribution in [0.25, 0.3) is 0 Å². The first-order valence-corrected chi connectivity index (χ1v) is 11.6. The number of hydrogen-bond acceptors (Lipinski definition) is 5. The number of methoxy groups -OCH3 is 1. The molecule has 3 aromatic rings. The van der Waals surface area contributed by atoms with Crippen LogP contribution >= 0.6 is 0 Å². The Kier molecular flexibility index (Phi) is 7.55. The summed E-state index contributed by atoms with van der Waals surface area (Å²) < 4.78 is 51.6. The molecule has 2 N–H and O–H groups in total. The van der Waals surface area contributed by atoms with Crippen LogP contribution < -0.4 is 19.5 Å². The van der Waals surface area contributed by atoms with E-state index in [9.17, 15) is 17.6 Å². The van der Waals surface area contributed by atoms with Gasteiger partial charge in [-0.25, -0.2) is 12.8 Å². The third-order valence-corrected chi connectivity index (χ3v) is 6.27. The molecule has 174 valence electrons. The summed E-state index contributed by atoms with van der Waals surface area (Å²) >= 11 is 0. The van der Waals surface area contributed by atoms with Crippen molar-refractivity contribution in [3.05, 3.63) is 83.7 Å². The standard InChI is InChI=1S/C24H25FN2O5S/c1-16-14-20(33(29,30)27-19-10-8-18(25)9-11-19)12-13-22(16)32-15-24(28)26-17(2)21-6-4-5-7-23(21)31-3/h4-14,17,27H,15H2,1-3H3,(H,26,28)/t17-/m0/s1. The normalized spacial score (nSPS) is 12.0. The predicted octanol–water partition coefficient (Wildman–Crippen LogP) is 4.20. The number of aryl methyl sites for hydroxylation is 1. The smallest absolute Gasteiger partial charge is 0.261 e. The molecule has 33 heavy (non-hydrogen) atoms. The number of benzene rings is 3. The fourth-order valence-electron chi connectivity index (χ4n) is 3.21. The average molecular weight is 473 g/mol. The zero-order valence-electron chi connectivity index (χ0n) is 18.5. The van der Waals surface area contributed by atoms with Gasteiger partial charge in [0.05, 0.1) is 18.0 Å². The molecule has 3 rings (SSSR count). The van der Waals surface area contributed by atoms with Crippen molar-refractivity contribution < 1.29 is 27.1 Å². The van der Waals surface area contributed by atoms with Crippen LogP contribution in [0.5, 0.6) is 11.5 Å². The molecule has 0 aliphatic heterocycles. The van der Waals surface area contributed by atoms with E-state index >= 15 is 0 Å². The number of amides is 1. The van der Waals surface area contributed by atoms with Crippen molar-refractivity contribution >= 4 is 21.6 Å². The second-order valence-electron chi connectivity index (χ2n) is 7.36. The van der Waals surface area contributed by atoms with Crippen LogP contribution in [0.1, 0.15) is 24.1 Å². The highest BCUT2D eigenvalue weighted by Gasteiger charge is 2.17. The molecule has 0 saturated heterocycles. The van der Waals surface area contributed by atoms with Crippen molar-refractivity contribution in [1.29, 1.82) is 0 Å². The van der Waals surface area contributed by atoms with Gasteiger partial charge in [-0.05, 0) is 67.9 Å². The summed E-state index contributed by atoms with van der Waals surface area (Å²) in [5.74, 6) is 0.267. The van der Waals surface area contributed by atoms with Gasteiger partial charge in [-0.1, -0.05) is 18.2 Å². The summed E-state index contributed by atoms with van der Waals surface area (Å²) in [6.07, 6.45) is 0. The molecule has 7 nitrogen and oxygen atoms in total. The minimum atomic E-state index is -3.87. The van der Waals surface area contributed by atoms with Gasteiger partial charge in [-0.2, -0.15) is 0 Å². The van der Waals surface area contributed by atoms with Gasteiger partial charge in [-0.15, -0.1) is 0 Å². The Hall–Kier alpha value is -3.59. The van der Waals surface area contributed by atoms with Crippen molar-refractivity contribution in [3.8, 4) is 11.5 Å². The maximum absolute atomic E-state index is 13.0. The Labute approximate surface area is 192 Å². The van der Waals surface area contributed by atoms with Crippen LogP contribution in [0.4, 0.5) is 10.1 Å². The van der Waals surface area contributed by atoms with Crippen molar-refractivity contribution in [3.63, 3.8) is 0 Å². The average Bonchev–Trinajstić information content (AvgIpc) is 2.79. The fourth-order valence-corrected chi connectivity index (χ4v) is 4.35. The van der Waals surface area contributed by atoms with Crippen LogP contribution in [0, 0.1) is 12.7 Å². The number of carbonyl (C=O) groups excluding carboxylic acids is 1. The van der Waals surface area contributed by atoms with Gasteiger partial charge in [0.15, 0.2) is 6.61 Å². The first kappa shape index (κ1) is 24.1. The number of para-hydroxylation sites is 1. The largest absolute Gasteiger partial charge is 0.496 e. The van der Waals surface area contributed by atoms with E-state index in [1.807, 2.05) is 31.2 Å². The van der Waals surface area contributed by atoms with Gasteiger partial charge < -0.3 is 14.8 Å². The molecule has 0 radical (unpaired) electrons. The summed E-state index contributed by atoms with van der Waals surface area (Å²) in [6.45, 7) is 3.29. The summed E-state index contributed by atoms with van der Waals surface area (Å²) in [5, 5.41) is 2.85. The molecule has 0 aliphatic rings. The monoisotopic (exact) mass is 472 g/mol. The lowest BCUT2D eigenvalue weighted by molar-refractivity contribution is -0.123. The summed E-state index contributed by atoms with van der Waals surface area (Å²) in [7, 11) is -2.30. The first-order chi connectivity index (χ1) is 15.7. The molecule has 1 amide bonds. The molecule has 1 atom stereocenters. The highest BCUT2D eigenvalue weighted by molar-refractivity contribution is 7.92. The topological polar surface area (TPSA) is 93.7 Å². The lowest BCUT2D eigenvalue weighted by atomic mass is 10.1. The number of rotatable bonds is 9. The molecule has 0 saturated carbocycles. The van der Waals surface area contributed by atoms with Crippen LogP contribution in [0.2, 0.25) is 0 Å². The molecule has 9 heteroatoms. The summed E-state index contributed by atoms with van der Waals surface area (Å²) in [4.78, 5) is 12.4. The summed E-state index contributed by atoms with van der Waals surface area (Å²) in [5.41, 5.74) is 1.63. The van der Waals surface area contributed by atoms with E-state index in [-0.39, 0.29) is 29.1 Å². The lowest BCUT2D eigenvalue weighted by Crippen LogP contribution is -2.31. The SMILES string of the molecule is COc1ccccc1[C@H](C)NC(=O)COc1ccc(S(=O)(=O)Nc2ccc(F)cc2)cc1C. The maximum Gasteiger partial charge on any atom is 0.261 e. The van der Waals surface area contributed by atoms with Gasteiger partial charge in [0.2, 0.25) is 0 Å². The summed E-state index contributed by atoms with van der Waals surface area (Å²) in [6, 6.07) is 16.4. The number of halogens is 1. The molecule has 0 aliphatic carbocycles. The Bertz CT molecular complexity index is 1230. The highest BCUT2D eigenvalue weighted by atomic mass is 32.2. The molecule has 0 fully saturated rings. The second kappa shape index (κ2) is 10.4. The molecule has 0 spiro atoms. The molecular weight excluding hydrogens is 447 g/mol. The molecule has 0 bridgehead atoms. The Morgan fingerprint density at radius 1 is 1.03 bits per heavy atom. The second-order valence-corrected chi connectivity index (χ2v) is 9.04. The van der Waals surface area contributed by atoms with E-state index in [2.05, 4.69) is 10.0 Å². The van der Waals surface area contributed by atoms with Crippen LogP contribution in [-0.2, 0) is 14.8 Å². The number of carbonyl (C=O) groups is 1. The van der Waals surface area contributed by atoms with Crippen LogP contribution in [0.15, 0.2) is 71.6 Å². The minimum absolute atomic E-state index is 0.0194. The van der Waals surface area contributed by atoms with E-state index in [1.165, 1.54) is 42.5 Å². The lowest BCUT2D eigenvalue weighted by Gasteiger charge is -2.18. The number of hydrogen-bond donors (Lipinski definition) is 2.